The lowest BCUT2D eigenvalue weighted by Gasteiger charge is -2.43. The highest BCUT2D eigenvalue weighted by Gasteiger charge is 2.55. The molecule has 1 aliphatic heterocycles. The highest BCUT2D eigenvalue weighted by molar-refractivity contribution is 6.48. The smallest absolute Gasteiger partial charge is 0.326 e. The molecule has 1 heterocycles. The van der Waals surface area contributed by atoms with Gasteiger partial charge in [-0.3, -0.25) is 5.01 Å². The number of allylic oxidation sites excluding steroid dienone is 1. The van der Waals surface area contributed by atoms with E-state index in [-0.39, 0.29) is 12.0 Å². The van der Waals surface area contributed by atoms with Gasteiger partial charge < -0.3 is 4.53 Å². The second-order valence-corrected chi connectivity index (χ2v) is 11.1. The average Bonchev–Trinajstić information content (AvgIpc) is 2.97. The lowest BCUT2D eigenvalue weighted by molar-refractivity contribution is -0.263. The minimum Gasteiger partial charge on any atom is -0.326 e. The number of hydrazine groups is 1. The SMILES string of the molecule is CCc1ccc(CC2=C(C(F)(F)F)N(C(CF)CF)N(O[Si](C)C)C2C(C)(C)C)cc1. The first kappa shape index (κ1) is 25.8. The third-order valence-electron chi connectivity index (χ3n) is 5.19. The van der Waals surface area contributed by atoms with E-state index in [1.165, 1.54) is 0 Å². The van der Waals surface area contributed by atoms with Crippen molar-refractivity contribution in [2.75, 3.05) is 13.3 Å². The Morgan fingerprint density at radius 1 is 1.00 bits per heavy atom. The monoisotopic (exact) mass is 463 g/mol. The summed E-state index contributed by atoms with van der Waals surface area (Å²) < 4.78 is 76.4. The van der Waals surface area contributed by atoms with Gasteiger partial charge in [-0.05, 0) is 48.1 Å². The molecule has 31 heavy (non-hydrogen) atoms. The number of nitrogens with zero attached hydrogens (tertiary/aromatic N) is 2. The maximum absolute atomic E-state index is 14.4. The molecule has 0 N–H and O–H groups in total. The molecule has 175 valence electrons. The van der Waals surface area contributed by atoms with Crippen LogP contribution in [0.1, 0.15) is 38.8 Å². The van der Waals surface area contributed by atoms with Gasteiger partial charge in [-0.15, -0.1) is 5.17 Å². The zero-order chi connectivity index (χ0) is 23.6. The van der Waals surface area contributed by atoms with Crippen LogP contribution in [0.15, 0.2) is 35.5 Å². The molecule has 9 heteroatoms. The second kappa shape index (κ2) is 10.00. The number of hydrogen-bond acceptors (Lipinski definition) is 3. The van der Waals surface area contributed by atoms with Gasteiger partial charge in [-0.1, -0.05) is 52.0 Å². The molecule has 0 bridgehead atoms. The Morgan fingerprint density at radius 3 is 1.90 bits per heavy atom. The van der Waals surface area contributed by atoms with Crippen molar-refractivity contribution in [1.82, 2.24) is 10.2 Å². The molecule has 1 unspecified atom stereocenters. The fourth-order valence-corrected chi connectivity index (χ4v) is 4.46. The third kappa shape index (κ3) is 5.87. The largest absolute Gasteiger partial charge is 0.432 e. The summed E-state index contributed by atoms with van der Waals surface area (Å²) in [5.41, 5.74) is 0.159. The van der Waals surface area contributed by atoms with Crippen molar-refractivity contribution in [3.63, 3.8) is 0 Å². The van der Waals surface area contributed by atoms with Crippen molar-refractivity contribution in [2.45, 2.75) is 71.9 Å². The Bertz CT molecular complexity index is 755. The molecule has 0 amide bonds. The van der Waals surface area contributed by atoms with Crippen LogP contribution in [0.25, 0.3) is 0 Å². The number of rotatable bonds is 8. The Hall–Kier alpha value is -1.45. The maximum atomic E-state index is 14.4. The predicted molar refractivity (Wildman–Crippen MR) is 114 cm³/mol. The van der Waals surface area contributed by atoms with Gasteiger partial charge in [-0.2, -0.15) is 13.2 Å². The topological polar surface area (TPSA) is 15.7 Å². The van der Waals surface area contributed by atoms with Crippen molar-refractivity contribution in [3.8, 4) is 0 Å². The summed E-state index contributed by atoms with van der Waals surface area (Å²) in [6, 6.07) is 4.97. The quantitative estimate of drug-likeness (QED) is 0.345. The minimum atomic E-state index is -4.79. The molecule has 1 aromatic rings. The Labute approximate surface area is 183 Å². The van der Waals surface area contributed by atoms with E-state index in [0.29, 0.717) is 10.6 Å². The van der Waals surface area contributed by atoms with Crippen LogP contribution >= 0.6 is 0 Å². The van der Waals surface area contributed by atoms with Crippen LogP contribution in [0, 0.1) is 5.41 Å². The van der Waals surface area contributed by atoms with E-state index in [4.69, 9.17) is 4.53 Å². The van der Waals surface area contributed by atoms with Crippen LogP contribution in [0.4, 0.5) is 22.0 Å². The van der Waals surface area contributed by atoms with Gasteiger partial charge in [0, 0.05) is 0 Å². The molecule has 0 aromatic heterocycles. The predicted octanol–water partition coefficient (Wildman–Crippen LogP) is 6.05. The van der Waals surface area contributed by atoms with Crippen LogP contribution in [0.5, 0.6) is 0 Å². The number of hydroxylamine groups is 1. The summed E-state index contributed by atoms with van der Waals surface area (Å²) in [7, 11) is -1.52. The summed E-state index contributed by atoms with van der Waals surface area (Å²) >= 11 is 0. The standard InChI is InChI=1S/C22H32F5N2OSi/c1-7-15-8-10-16(11-9-15)12-18-19(21(2,3)4)29(30-31(5)6)28(17(13-23)14-24)20(18)22(25,26)27/h8-11,17,19H,7,12-14H2,1-6H3. The highest BCUT2D eigenvalue weighted by Crippen LogP contribution is 2.47. The first-order valence-corrected chi connectivity index (χ1v) is 12.8. The molecular formula is C22H32F5N2OSi. The van der Waals surface area contributed by atoms with Crippen molar-refractivity contribution in [1.29, 1.82) is 0 Å². The van der Waals surface area contributed by atoms with Gasteiger partial charge in [0.05, 0.1) is 6.04 Å². The minimum absolute atomic E-state index is 0.0118. The summed E-state index contributed by atoms with van der Waals surface area (Å²) in [6.07, 6.45) is -3.96. The summed E-state index contributed by atoms with van der Waals surface area (Å²) in [4.78, 5) is 0. The van der Waals surface area contributed by atoms with E-state index in [2.05, 4.69) is 0 Å². The maximum Gasteiger partial charge on any atom is 0.432 e. The van der Waals surface area contributed by atoms with E-state index in [0.717, 1.165) is 17.2 Å². The van der Waals surface area contributed by atoms with Crippen LogP contribution in [-0.2, 0) is 17.4 Å². The van der Waals surface area contributed by atoms with Crippen LogP contribution in [-0.4, -0.2) is 50.8 Å². The first-order chi connectivity index (χ1) is 14.3. The van der Waals surface area contributed by atoms with E-state index in [1.54, 1.807) is 13.1 Å². The first-order valence-electron chi connectivity index (χ1n) is 10.4. The number of hydrogen-bond donors (Lipinski definition) is 0. The van der Waals surface area contributed by atoms with Crippen LogP contribution in [0.3, 0.4) is 0 Å². The molecule has 0 saturated carbocycles. The van der Waals surface area contributed by atoms with Gasteiger partial charge in [0.2, 0.25) is 9.04 Å². The fraction of sp³-hybridized carbons (Fsp3) is 0.636. The van der Waals surface area contributed by atoms with Gasteiger partial charge in [0.15, 0.2) is 0 Å². The molecule has 0 spiro atoms. The number of benzene rings is 1. The van der Waals surface area contributed by atoms with Gasteiger partial charge >= 0.3 is 6.18 Å². The lowest BCUT2D eigenvalue weighted by atomic mass is 9.80. The van der Waals surface area contributed by atoms with Gasteiger partial charge in [0.25, 0.3) is 0 Å². The molecule has 3 nitrogen and oxygen atoms in total. The van der Waals surface area contributed by atoms with E-state index < -0.39 is 51.8 Å². The van der Waals surface area contributed by atoms with Crippen molar-refractivity contribution in [3.05, 3.63) is 46.7 Å². The summed E-state index contributed by atoms with van der Waals surface area (Å²) in [6.45, 7) is 8.45. The number of aryl methyl sites for hydroxylation is 1. The van der Waals surface area contributed by atoms with Gasteiger partial charge in [-0.25, -0.2) is 8.78 Å². The van der Waals surface area contributed by atoms with Crippen LogP contribution in [0.2, 0.25) is 13.1 Å². The van der Waals surface area contributed by atoms with Gasteiger partial charge in [0.1, 0.15) is 25.1 Å². The lowest BCUT2D eigenvalue weighted by Crippen LogP contribution is -2.55. The average molecular weight is 464 g/mol. The zero-order valence-corrected chi connectivity index (χ0v) is 20.0. The number of alkyl halides is 5. The second-order valence-electron chi connectivity index (χ2n) is 9.10. The molecule has 0 fully saturated rings. The van der Waals surface area contributed by atoms with E-state index >= 15 is 0 Å². The molecule has 1 atom stereocenters. The normalized spacial score (nSPS) is 18.7. The molecule has 1 radical (unpaired) electrons. The van der Waals surface area contributed by atoms with Crippen LogP contribution < -0.4 is 0 Å². The molecule has 0 saturated heterocycles. The highest BCUT2D eigenvalue weighted by atomic mass is 28.3. The Kier molecular flexibility index (Phi) is 8.32. The fourth-order valence-electron chi connectivity index (χ4n) is 3.89. The van der Waals surface area contributed by atoms with Crippen molar-refractivity contribution < 1.29 is 26.5 Å². The van der Waals surface area contributed by atoms with E-state index in [1.807, 2.05) is 52.0 Å². The number of halogens is 5. The van der Waals surface area contributed by atoms with E-state index in [9.17, 15) is 22.0 Å². The van der Waals surface area contributed by atoms with Crippen molar-refractivity contribution >= 4 is 9.04 Å². The molecule has 1 aliphatic rings. The Morgan fingerprint density at radius 2 is 1.52 bits per heavy atom. The molecule has 0 aliphatic carbocycles. The molecule has 1 aromatic carbocycles. The summed E-state index contributed by atoms with van der Waals surface area (Å²) in [5, 5.41) is 1.79. The summed E-state index contributed by atoms with van der Waals surface area (Å²) in [5.74, 6) is 0. The third-order valence-corrected chi connectivity index (χ3v) is 5.74. The van der Waals surface area contributed by atoms with Crippen molar-refractivity contribution in [2.24, 2.45) is 5.41 Å². The zero-order valence-electron chi connectivity index (χ0n) is 19.0. The molecular weight excluding hydrogens is 431 g/mol. The Balaban J connectivity index is 2.71. The molecule has 2 rings (SSSR count).